The van der Waals surface area contributed by atoms with Crippen LogP contribution < -0.4 is 0 Å². The quantitative estimate of drug-likeness (QED) is 0.653. The standard InChI is InChI=1S/C7H6F3NO5/c8-7(9,10)3-1-2(5(13)14)4(12)11(3)6(15)16/h2-3H,1H2,(H,13,14)(H,15,16)/t2?,3-/m0/s1. The number of carbonyl (C=O) groups is 3. The van der Waals surface area contributed by atoms with Gasteiger partial charge < -0.3 is 10.2 Å². The fourth-order valence-electron chi connectivity index (χ4n) is 1.47. The van der Waals surface area contributed by atoms with E-state index < -0.39 is 47.4 Å². The minimum absolute atomic E-state index is 0.473. The molecule has 2 atom stereocenters. The highest BCUT2D eigenvalue weighted by molar-refractivity contribution is 6.05. The molecule has 9 heteroatoms. The molecule has 1 unspecified atom stereocenters. The number of aliphatic carboxylic acids is 1. The van der Waals surface area contributed by atoms with E-state index in [2.05, 4.69) is 0 Å². The van der Waals surface area contributed by atoms with Crippen molar-refractivity contribution >= 4 is 18.0 Å². The first-order valence-corrected chi connectivity index (χ1v) is 4.01. The summed E-state index contributed by atoms with van der Waals surface area (Å²) in [5, 5.41) is 16.9. The molecule has 0 radical (unpaired) electrons. The highest BCUT2D eigenvalue weighted by atomic mass is 19.4. The Morgan fingerprint density at radius 2 is 1.81 bits per heavy atom. The van der Waals surface area contributed by atoms with E-state index in [0.717, 1.165) is 0 Å². The number of carboxylic acids is 1. The van der Waals surface area contributed by atoms with Gasteiger partial charge in [-0.25, -0.2) is 9.69 Å². The zero-order valence-electron chi connectivity index (χ0n) is 7.56. The van der Waals surface area contributed by atoms with Crippen molar-refractivity contribution in [2.45, 2.75) is 18.6 Å². The summed E-state index contributed by atoms with van der Waals surface area (Å²) in [5.41, 5.74) is 0. The maximum atomic E-state index is 12.3. The molecule has 1 aliphatic rings. The van der Waals surface area contributed by atoms with E-state index in [1.807, 2.05) is 0 Å². The van der Waals surface area contributed by atoms with E-state index >= 15 is 0 Å². The van der Waals surface area contributed by atoms with Crippen molar-refractivity contribution in [1.29, 1.82) is 0 Å². The molecule has 0 spiro atoms. The summed E-state index contributed by atoms with van der Waals surface area (Å²) in [6.45, 7) is 0. The van der Waals surface area contributed by atoms with Crippen molar-refractivity contribution in [2.75, 3.05) is 0 Å². The van der Waals surface area contributed by atoms with E-state index in [9.17, 15) is 27.6 Å². The average molecular weight is 241 g/mol. The van der Waals surface area contributed by atoms with Gasteiger partial charge in [-0.1, -0.05) is 0 Å². The van der Waals surface area contributed by atoms with Crippen molar-refractivity contribution in [3.8, 4) is 0 Å². The Labute approximate surface area is 86.3 Å². The summed E-state index contributed by atoms with van der Waals surface area (Å²) >= 11 is 0. The number of halogens is 3. The first kappa shape index (κ1) is 12.3. The largest absolute Gasteiger partial charge is 0.481 e. The molecule has 1 heterocycles. The van der Waals surface area contributed by atoms with Crippen LogP contribution in [0.25, 0.3) is 0 Å². The number of carbonyl (C=O) groups excluding carboxylic acids is 1. The van der Waals surface area contributed by atoms with E-state index in [1.165, 1.54) is 0 Å². The van der Waals surface area contributed by atoms with Crippen LogP contribution >= 0.6 is 0 Å². The first-order chi connectivity index (χ1) is 7.16. The third-order valence-corrected chi connectivity index (χ3v) is 2.19. The third-order valence-electron chi connectivity index (χ3n) is 2.19. The summed E-state index contributed by atoms with van der Waals surface area (Å²) in [6.07, 6.45) is -8.14. The topological polar surface area (TPSA) is 94.9 Å². The summed E-state index contributed by atoms with van der Waals surface area (Å²) in [6, 6.07) is -2.58. The predicted molar refractivity (Wildman–Crippen MR) is 40.5 cm³/mol. The van der Waals surface area contributed by atoms with Crippen molar-refractivity contribution in [1.82, 2.24) is 4.90 Å². The maximum absolute atomic E-state index is 12.3. The van der Waals surface area contributed by atoms with Gasteiger partial charge in [0.05, 0.1) is 0 Å². The molecule has 16 heavy (non-hydrogen) atoms. The number of nitrogens with zero attached hydrogens (tertiary/aromatic N) is 1. The Bertz CT molecular complexity index is 352. The molecular weight excluding hydrogens is 235 g/mol. The van der Waals surface area contributed by atoms with Gasteiger partial charge in [0.15, 0.2) is 0 Å². The lowest BCUT2D eigenvalue weighted by molar-refractivity contribution is -0.175. The van der Waals surface area contributed by atoms with E-state index in [1.54, 1.807) is 0 Å². The summed E-state index contributed by atoms with van der Waals surface area (Å²) in [7, 11) is 0. The molecular formula is C7H6F3NO5. The fraction of sp³-hybridized carbons (Fsp3) is 0.571. The van der Waals surface area contributed by atoms with Gasteiger partial charge in [-0.2, -0.15) is 13.2 Å². The molecule has 0 aliphatic carbocycles. The number of carboxylic acid groups (broad SMARTS) is 2. The lowest BCUT2D eigenvalue weighted by atomic mass is 10.1. The van der Waals surface area contributed by atoms with Gasteiger partial charge in [0.2, 0.25) is 5.91 Å². The average Bonchev–Trinajstić information content (AvgIpc) is 2.41. The molecule has 90 valence electrons. The first-order valence-electron chi connectivity index (χ1n) is 4.01. The minimum Gasteiger partial charge on any atom is -0.481 e. The number of alkyl halides is 3. The van der Waals surface area contributed by atoms with E-state index in [-0.39, 0.29) is 0 Å². The second-order valence-electron chi connectivity index (χ2n) is 3.17. The van der Waals surface area contributed by atoms with Crippen LogP contribution in [0.5, 0.6) is 0 Å². The van der Waals surface area contributed by atoms with Gasteiger partial charge in [0, 0.05) is 0 Å². The van der Waals surface area contributed by atoms with Gasteiger partial charge in [-0.15, -0.1) is 0 Å². The Balaban J connectivity index is 3.07. The van der Waals surface area contributed by atoms with Gasteiger partial charge in [0.25, 0.3) is 0 Å². The SMILES string of the molecule is O=C(O)C1C[C@@H](C(F)(F)F)N(C(=O)O)C1=O. The maximum Gasteiger partial charge on any atom is 0.414 e. The van der Waals surface area contributed by atoms with E-state index in [4.69, 9.17) is 10.2 Å². The second-order valence-corrected chi connectivity index (χ2v) is 3.17. The smallest absolute Gasteiger partial charge is 0.414 e. The zero-order chi connectivity index (χ0) is 12.7. The van der Waals surface area contributed by atoms with Crippen molar-refractivity contribution < 1.29 is 37.8 Å². The van der Waals surface area contributed by atoms with Crippen molar-refractivity contribution in [3.63, 3.8) is 0 Å². The molecule has 0 aromatic carbocycles. The molecule has 1 fully saturated rings. The summed E-state index contributed by atoms with van der Waals surface area (Å²) in [4.78, 5) is 31.5. The van der Waals surface area contributed by atoms with Crippen LogP contribution in [-0.4, -0.2) is 45.3 Å². The number of imide groups is 1. The van der Waals surface area contributed by atoms with Crippen LogP contribution in [-0.2, 0) is 9.59 Å². The van der Waals surface area contributed by atoms with Crippen LogP contribution in [0.2, 0.25) is 0 Å². The zero-order valence-corrected chi connectivity index (χ0v) is 7.56. The van der Waals surface area contributed by atoms with Gasteiger partial charge in [-0.3, -0.25) is 9.59 Å². The normalized spacial score (nSPS) is 25.9. The molecule has 0 saturated carbocycles. The fourth-order valence-corrected chi connectivity index (χ4v) is 1.47. The summed E-state index contributed by atoms with van der Waals surface area (Å²) < 4.78 is 37.0. The predicted octanol–water partition coefficient (Wildman–Crippen LogP) is 0.528. The third kappa shape index (κ3) is 1.92. The van der Waals surface area contributed by atoms with Crippen molar-refractivity contribution in [2.24, 2.45) is 5.92 Å². The van der Waals surface area contributed by atoms with Crippen molar-refractivity contribution in [3.05, 3.63) is 0 Å². The molecule has 1 rings (SSSR count). The van der Waals surface area contributed by atoms with Gasteiger partial charge in [0.1, 0.15) is 12.0 Å². The van der Waals surface area contributed by atoms with Gasteiger partial charge >= 0.3 is 18.2 Å². The molecule has 0 bridgehead atoms. The number of likely N-dealkylation sites (tertiary alicyclic amines) is 1. The Kier molecular flexibility index (Phi) is 2.80. The molecule has 1 aliphatic heterocycles. The van der Waals surface area contributed by atoms with Crippen LogP contribution in [0.3, 0.4) is 0 Å². The highest BCUT2D eigenvalue weighted by Gasteiger charge is 2.57. The number of amides is 2. The molecule has 1 saturated heterocycles. The monoisotopic (exact) mass is 241 g/mol. The molecule has 0 aromatic heterocycles. The Morgan fingerprint density at radius 3 is 2.06 bits per heavy atom. The second kappa shape index (κ2) is 3.65. The lowest BCUT2D eigenvalue weighted by Gasteiger charge is -2.21. The number of rotatable bonds is 1. The lowest BCUT2D eigenvalue weighted by Crippen LogP contribution is -2.46. The Hall–Kier alpha value is -1.80. The van der Waals surface area contributed by atoms with Crippen LogP contribution in [0.1, 0.15) is 6.42 Å². The van der Waals surface area contributed by atoms with Crippen LogP contribution in [0.4, 0.5) is 18.0 Å². The minimum atomic E-state index is -4.96. The molecule has 2 N–H and O–H groups in total. The molecule has 6 nitrogen and oxygen atoms in total. The van der Waals surface area contributed by atoms with Crippen LogP contribution in [0, 0.1) is 5.92 Å². The van der Waals surface area contributed by atoms with E-state index in [0.29, 0.717) is 0 Å². The highest BCUT2D eigenvalue weighted by Crippen LogP contribution is 2.36. The molecule has 0 aromatic rings. The number of hydrogen-bond donors (Lipinski definition) is 2. The van der Waals surface area contributed by atoms with Crippen LogP contribution in [0.15, 0.2) is 0 Å². The summed E-state index contributed by atoms with van der Waals surface area (Å²) in [5.74, 6) is -5.27. The number of hydrogen-bond acceptors (Lipinski definition) is 3. The van der Waals surface area contributed by atoms with Gasteiger partial charge in [-0.05, 0) is 6.42 Å². The molecule has 2 amide bonds. The Morgan fingerprint density at radius 1 is 1.31 bits per heavy atom.